The van der Waals surface area contributed by atoms with Crippen LogP contribution in [-0.2, 0) is 9.53 Å². The van der Waals surface area contributed by atoms with E-state index in [9.17, 15) is 4.79 Å². The fraction of sp³-hybridized carbons (Fsp3) is 0.933. The Morgan fingerprint density at radius 2 is 2.05 bits per heavy atom. The maximum atomic E-state index is 12.3. The van der Waals surface area contributed by atoms with Gasteiger partial charge in [0.05, 0.1) is 19.1 Å². The molecule has 1 heterocycles. The first kappa shape index (κ1) is 14.8. The van der Waals surface area contributed by atoms with Crippen LogP contribution < -0.4 is 10.6 Å². The molecule has 0 aromatic rings. The molecule has 2 atom stereocenters. The van der Waals surface area contributed by atoms with Crippen molar-refractivity contribution in [2.75, 3.05) is 26.3 Å². The van der Waals surface area contributed by atoms with Gasteiger partial charge in [0, 0.05) is 12.6 Å². The topological polar surface area (TPSA) is 50.4 Å². The minimum absolute atomic E-state index is 0.0171. The largest absolute Gasteiger partial charge is 0.379 e. The van der Waals surface area contributed by atoms with Crippen LogP contribution >= 0.6 is 0 Å². The van der Waals surface area contributed by atoms with Crippen molar-refractivity contribution in [3.63, 3.8) is 0 Å². The lowest BCUT2D eigenvalue weighted by Gasteiger charge is -2.25. The number of nitrogens with one attached hydrogen (secondary N) is 2. The average Bonchev–Trinajstić information content (AvgIpc) is 3.03. The quantitative estimate of drug-likeness (QED) is 0.771. The van der Waals surface area contributed by atoms with Crippen molar-refractivity contribution in [2.24, 2.45) is 11.3 Å². The van der Waals surface area contributed by atoms with E-state index < -0.39 is 0 Å². The van der Waals surface area contributed by atoms with Gasteiger partial charge in [0.15, 0.2) is 0 Å². The third kappa shape index (κ3) is 3.93. The number of ether oxygens (including phenoxy) is 1. The summed E-state index contributed by atoms with van der Waals surface area (Å²) in [5, 5.41) is 6.57. The Bertz CT molecular complexity index is 301. The van der Waals surface area contributed by atoms with E-state index in [-0.39, 0.29) is 17.9 Å². The summed E-state index contributed by atoms with van der Waals surface area (Å²) >= 11 is 0. The van der Waals surface area contributed by atoms with Gasteiger partial charge in [-0.15, -0.1) is 0 Å². The molecule has 110 valence electrons. The van der Waals surface area contributed by atoms with Crippen molar-refractivity contribution < 1.29 is 9.53 Å². The predicted octanol–water partition coefficient (Wildman–Crippen LogP) is 1.70. The molecule has 0 bridgehead atoms. The van der Waals surface area contributed by atoms with Crippen LogP contribution in [0.3, 0.4) is 0 Å². The van der Waals surface area contributed by atoms with E-state index in [2.05, 4.69) is 24.5 Å². The predicted molar refractivity (Wildman–Crippen MR) is 76.0 cm³/mol. The number of carbonyl (C=O) groups is 1. The Labute approximate surface area is 116 Å². The zero-order chi connectivity index (χ0) is 13.7. The fourth-order valence-corrected chi connectivity index (χ4v) is 3.18. The van der Waals surface area contributed by atoms with Crippen molar-refractivity contribution >= 4 is 5.91 Å². The number of carbonyl (C=O) groups excluding carboxylic acids is 1. The van der Waals surface area contributed by atoms with Gasteiger partial charge in [0.1, 0.15) is 0 Å². The van der Waals surface area contributed by atoms with Gasteiger partial charge in [-0.1, -0.05) is 26.7 Å². The summed E-state index contributed by atoms with van der Waals surface area (Å²) in [4.78, 5) is 12.3. The van der Waals surface area contributed by atoms with E-state index in [1.807, 2.05) is 0 Å². The van der Waals surface area contributed by atoms with E-state index in [1.54, 1.807) is 0 Å². The van der Waals surface area contributed by atoms with E-state index in [1.165, 1.54) is 25.7 Å². The Hall–Kier alpha value is -0.610. The zero-order valence-electron chi connectivity index (χ0n) is 12.3. The van der Waals surface area contributed by atoms with Gasteiger partial charge in [0.2, 0.25) is 5.91 Å². The lowest BCUT2D eigenvalue weighted by Crippen LogP contribution is -2.46. The van der Waals surface area contributed by atoms with Crippen LogP contribution in [0.5, 0.6) is 0 Å². The second-order valence-electron chi connectivity index (χ2n) is 6.44. The maximum Gasteiger partial charge on any atom is 0.227 e. The van der Waals surface area contributed by atoms with Crippen LogP contribution in [0.4, 0.5) is 0 Å². The molecule has 1 aliphatic heterocycles. The smallest absolute Gasteiger partial charge is 0.227 e. The zero-order valence-corrected chi connectivity index (χ0v) is 12.3. The molecule has 2 aliphatic rings. The van der Waals surface area contributed by atoms with Gasteiger partial charge >= 0.3 is 0 Å². The second-order valence-corrected chi connectivity index (χ2v) is 6.44. The average molecular weight is 268 g/mol. The molecule has 4 heteroatoms. The Balaban J connectivity index is 1.78. The lowest BCUT2D eigenvalue weighted by molar-refractivity contribution is -0.125. The van der Waals surface area contributed by atoms with Gasteiger partial charge in [-0.25, -0.2) is 0 Å². The third-order valence-electron chi connectivity index (χ3n) is 4.57. The second kappa shape index (κ2) is 6.71. The highest BCUT2D eigenvalue weighted by Crippen LogP contribution is 2.36. The third-order valence-corrected chi connectivity index (χ3v) is 4.57. The van der Waals surface area contributed by atoms with Crippen molar-refractivity contribution in [3.8, 4) is 0 Å². The summed E-state index contributed by atoms with van der Waals surface area (Å²) < 4.78 is 5.46. The molecule has 1 aliphatic carbocycles. The number of hydrogen-bond acceptors (Lipinski definition) is 3. The summed E-state index contributed by atoms with van der Waals surface area (Å²) in [6.45, 7) is 7.43. The number of amides is 1. The molecule has 1 saturated carbocycles. The highest BCUT2D eigenvalue weighted by atomic mass is 16.5. The first-order valence-electron chi connectivity index (χ1n) is 7.73. The van der Waals surface area contributed by atoms with E-state index in [0.29, 0.717) is 18.6 Å². The maximum absolute atomic E-state index is 12.3. The van der Waals surface area contributed by atoms with Crippen LogP contribution in [0.2, 0.25) is 0 Å². The van der Waals surface area contributed by atoms with Gasteiger partial charge in [-0.05, 0) is 31.2 Å². The molecule has 2 unspecified atom stereocenters. The molecule has 19 heavy (non-hydrogen) atoms. The molecule has 0 spiro atoms. The summed E-state index contributed by atoms with van der Waals surface area (Å²) in [5.41, 5.74) is 0.321. The number of rotatable bonds is 6. The molecule has 1 saturated heterocycles. The van der Waals surface area contributed by atoms with Crippen molar-refractivity contribution in [2.45, 2.75) is 52.0 Å². The SMILES string of the molecule is CCCNC1COCC1C(=O)NCC1(C)CCCC1. The lowest BCUT2D eigenvalue weighted by atomic mass is 9.88. The van der Waals surface area contributed by atoms with Crippen LogP contribution in [0.1, 0.15) is 46.0 Å². The molecule has 0 aromatic heterocycles. The van der Waals surface area contributed by atoms with Crippen LogP contribution in [-0.4, -0.2) is 38.3 Å². The monoisotopic (exact) mass is 268 g/mol. The number of hydrogen-bond donors (Lipinski definition) is 2. The van der Waals surface area contributed by atoms with Gasteiger partial charge in [-0.3, -0.25) is 4.79 Å². The van der Waals surface area contributed by atoms with Crippen molar-refractivity contribution in [1.82, 2.24) is 10.6 Å². The highest BCUT2D eigenvalue weighted by molar-refractivity contribution is 5.79. The van der Waals surface area contributed by atoms with E-state index in [0.717, 1.165) is 19.5 Å². The Morgan fingerprint density at radius 1 is 1.32 bits per heavy atom. The first-order valence-corrected chi connectivity index (χ1v) is 7.73. The Morgan fingerprint density at radius 3 is 2.74 bits per heavy atom. The van der Waals surface area contributed by atoms with Gasteiger partial charge in [-0.2, -0.15) is 0 Å². The minimum atomic E-state index is -0.0171. The Kier molecular flexibility index (Phi) is 5.22. The molecule has 0 radical (unpaired) electrons. The standard InChI is InChI=1S/C15H28N2O2/c1-3-8-16-13-10-19-9-12(13)14(18)17-11-15(2)6-4-5-7-15/h12-13,16H,3-11H2,1-2H3,(H,17,18). The molecule has 1 amide bonds. The molecule has 0 aromatic carbocycles. The van der Waals surface area contributed by atoms with Gasteiger partial charge < -0.3 is 15.4 Å². The molecule has 4 nitrogen and oxygen atoms in total. The summed E-state index contributed by atoms with van der Waals surface area (Å²) in [6.07, 6.45) is 6.18. The van der Waals surface area contributed by atoms with Crippen LogP contribution in [0, 0.1) is 11.3 Å². The molecule has 2 fully saturated rings. The van der Waals surface area contributed by atoms with Gasteiger partial charge in [0.25, 0.3) is 0 Å². The van der Waals surface area contributed by atoms with Crippen LogP contribution in [0.25, 0.3) is 0 Å². The summed E-state index contributed by atoms with van der Waals surface area (Å²) in [6, 6.07) is 0.191. The summed E-state index contributed by atoms with van der Waals surface area (Å²) in [5.74, 6) is 0.149. The van der Waals surface area contributed by atoms with E-state index in [4.69, 9.17) is 4.74 Å². The highest BCUT2D eigenvalue weighted by Gasteiger charge is 2.35. The fourth-order valence-electron chi connectivity index (χ4n) is 3.18. The molecular weight excluding hydrogens is 240 g/mol. The van der Waals surface area contributed by atoms with E-state index >= 15 is 0 Å². The minimum Gasteiger partial charge on any atom is -0.379 e. The molecular formula is C15H28N2O2. The normalized spacial score (nSPS) is 29.6. The summed E-state index contributed by atoms with van der Waals surface area (Å²) in [7, 11) is 0. The molecule has 2 N–H and O–H groups in total. The molecule has 2 rings (SSSR count). The first-order chi connectivity index (χ1) is 9.14. The van der Waals surface area contributed by atoms with Crippen molar-refractivity contribution in [3.05, 3.63) is 0 Å². The van der Waals surface area contributed by atoms with Crippen LogP contribution in [0.15, 0.2) is 0 Å². The van der Waals surface area contributed by atoms with Crippen molar-refractivity contribution in [1.29, 1.82) is 0 Å².